The number of fused-ring (bicyclic) bond motifs is 1. The van der Waals surface area contributed by atoms with Gasteiger partial charge in [-0.1, -0.05) is 6.42 Å². The highest BCUT2D eigenvalue weighted by molar-refractivity contribution is 6.21. The van der Waals surface area contributed by atoms with Crippen molar-refractivity contribution in [3.8, 4) is 0 Å². The Balaban J connectivity index is 2.10. The molecule has 1 aliphatic carbocycles. The largest absolute Gasteiger partial charge is 0.467 e. The molecule has 0 spiro atoms. The molecule has 0 aromatic heterocycles. The fourth-order valence-corrected chi connectivity index (χ4v) is 3.06. The molecular formula is C10H15ClO3. The lowest BCUT2D eigenvalue weighted by molar-refractivity contribution is -0.153. The van der Waals surface area contributed by atoms with E-state index in [1.807, 2.05) is 0 Å². The van der Waals surface area contributed by atoms with Crippen molar-refractivity contribution in [2.75, 3.05) is 13.7 Å². The molecule has 14 heavy (non-hydrogen) atoms. The predicted octanol–water partition coefficient (Wildman–Crippen LogP) is 1.58. The number of halogens is 1. The van der Waals surface area contributed by atoms with E-state index in [-0.39, 0.29) is 17.3 Å². The van der Waals surface area contributed by atoms with Gasteiger partial charge in [-0.2, -0.15) is 0 Å². The summed E-state index contributed by atoms with van der Waals surface area (Å²) in [6, 6.07) is 0. The second-order valence-electron chi connectivity index (χ2n) is 4.06. The van der Waals surface area contributed by atoms with Crippen LogP contribution in [0.1, 0.15) is 19.3 Å². The van der Waals surface area contributed by atoms with Gasteiger partial charge in [-0.3, -0.25) is 0 Å². The monoisotopic (exact) mass is 218 g/mol. The van der Waals surface area contributed by atoms with Gasteiger partial charge < -0.3 is 9.47 Å². The van der Waals surface area contributed by atoms with E-state index in [0.717, 1.165) is 19.3 Å². The maximum absolute atomic E-state index is 11.4. The Morgan fingerprint density at radius 1 is 1.50 bits per heavy atom. The van der Waals surface area contributed by atoms with E-state index >= 15 is 0 Å². The number of alkyl halides is 1. The van der Waals surface area contributed by atoms with Crippen molar-refractivity contribution in [2.24, 2.45) is 11.8 Å². The lowest BCUT2D eigenvalue weighted by atomic mass is 9.78. The quantitative estimate of drug-likeness (QED) is 0.495. The van der Waals surface area contributed by atoms with E-state index < -0.39 is 6.10 Å². The fraction of sp³-hybridized carbons (Fsp3) is 0.900. The Morgan fingerprint density at radius 2 is 2.29 bits per heavy atom. The van der Waals surface area contributed by atoms with Crippen molar-refractivity contribution in [3.05, 3.63) is 0 Å². The predicted molar refractivity (Wildman–Crippen MR) is 52.2 cm³/mol. The highest BCUT2D eigenvalue weighted by Crippen LogP contribution is 2.41. The summed E-state index contributed by atoms with van der Waals surface area (Å²) in [7, 11) is 1.39. The third-order valence-corrected chi connectivity index (χ3v) is 3.80. The Kier molecular flexibility index (Phi) is 2.98. The van der Waals surface area contributed by atoms with Crippen LogP contribution in [0.5, 0.6) is 0 Å². The van der Waals surface area contributed by atoms with E-state index in [0.29, 0.717) is 12.5 Å². The first-order chi connectivity index (χ1) is 6.74. The zero-order valence-electron chi connectivity index (χ0n) is 8.24. The van der Waals surface area contributed by atoms with E-state index in [1.54, 1.807) is 0 Å². The average Bonchev–Trinajstić information content (AvgIpc) is 2.62. The van der Waals surface area contributed by atoms with Crippen LogP contribution in [0.2, 0.25) is 0 Å². The zero-order chi connectivity index (χ0) is 10.1. The Hall–Kier alpha value is -0.280. The molecule has 1 saturated carbocycles. The van der Waals surface area contributed by atoms with Gasteiger partial charge >= 0.3 is 5.97 Å². The lowest BCUT2D eigenvalue weighted by Crippen LogP contribution is -2.37. The SMILES string of the molecule is COC(=O)[C@H]1OC[C@H]2CCC[C@H](Cl)[C@@H]21. The maximum atomic E-state index is 11.4. The highest BCUT2D eigenvalue weighted by Gasteiger charge is 2.47. The number of rotatable bonds is 1. The number of hydrogen-bond acceptors (Lipinski definition) is 3. The summed E-state index contributed by atoms with van der Waals surface area (Å²) in [5, 5.41) is 0.0698. The van der Waals surface area contributed by atoms with Gasteiger partial charge in [0.2, 0.25) is 0 Å². The first-order valence-corrected chi connectivity index (χ1v) is 5.51. The maximum Gasteiger partial charge on any atom is 0.335 e. The lowest BCUT2D eigenvalue weighted by Gasteiger charge is -2.30. The molecule has 1 heterocycles. The van der Waals surface area contributed by atoms with Crippen molar-refractivity contribution >= 4 is 17.6 Å². The van der Waals surface area contributed by atoms with E-state index in [1.165, 1.54) is 7.11 Å². The molecule has 2 aliphatic rings. The molecule has 3 nitrogen and oxygen atoms in total. The molecule has 0 aromatic rings. The number of carbonyl (C=O) groups is 1. The summed E-state index contributed by atoms with van der Waals surface area (Å²) in [6.07, 6.45) is 2.83. The molecule has 2 fully saturated rings. The van der Waals surface area contributed by atoms with Gasteiger partial charge in [0.15, 0.2) is 6.10 Å². The molecule has 0 radical (unpaired) electrons. The first kappa shape index (κ1) is 10.2. The van der Waals surface area contributed by atoms with Crippen LogP contribution in [0.3, 0.4) is 0 Å². The Bertz CT molecular complexity index is 231. The fourth-order valence-electron chi connectivity index (χ4n) is 2.57. The van der Waals surface area contributed by atoms with Crippen molar-refractivity contribution in [1.29, 1.82) is 0 Å². The van der Waals surface area contributed by atoms with Gasteiger partial charge in [0.1, 0.15) is 0 Å². The first-order valence-electron chi connectivity index (χ1n) is 5.07. The van der Waals surface area contributed by atoms with Gasteiger partial charge in [-0.15, -0.1) is 11.6 Å². The molecule has 2 rings (SSSR count). The van der Waals surface area contributed by atoms with Gasteiger partial charge in [-0.25, -0.2) is 4.79 Å². The van der Waals surface area contributed by atoms with Crippen molar-refractivity contribution in [3.63, 3.8) is 0 Å². The van der Waals surface area contributed by atoms with Gasteiger partial charge in [-0.05, 0) is 18.8 Å². The minimum absolute atomic E-state index is 0.0698. The molecule has 0 aromatic carbocycles. The van der Waals surface area contributed by atoms with Crippen LogP contribution < -0.4 is 0 Å². The second-order valence-corrected chi connectivity index (χ2v) is 4.62. The summed E-state index contributed by atoms with van der Waals surface area (Å²) in [4.78, 5) is 11.4. The summed E-state index contributed by atoms with van der Waals surface area (Å²) in [5.74, 6) is 0.346. The van der Waals surface area contributed by atoms with Crippen LogP contribution in [-0.2, 0) is 14.3 Å². The molecule has 0 N–H and O–H groups in total. The summed E-state index contributed by atoms with van der Waals surface area (Å²) in [5.41, 5.74) is 0. The Labute approximate surface area is 88.7 Å². The van der Waals surface area contributed by atoms with Crippen LogP contribution in [0.25, 0.3) is 0 Å². The molecule has 4 atom stereocenters. The summed E-state index contributed by atoms with van der Waals surface area (Å²) in [6.45, 7) is 0.660. The average molecular weight is 219 g/mol. The molecular weight excluding hydrogens is 204 g/mol. The normalized spacial score (nSPS) is 41.9. The molecule has 80 valence electrons. The third kappa shape index (κ3) is 1.63. The third-order valence-electron chi connectivity index (χ3n) is 3.29. The molecule has 0 amide bonds. The molecule has 4 heteroatoms. The van der Waals surface area contributed by atoms with E-state index in [2.05, 4.69) is 0 Å². The van der Waals surface area contributed by atoms with E-state index in [9.17, 15) is 4.79 Å². The number of ether oxygens (including phenoxy) is 2. The van der Waals surface area contributed by atoms with Crippen LogP contribution in [0, 0.1) is 11.8 Å². The number of carbonyl (C=O) groups excluding carboxylic acids is 1. The van der Waals surface area contributed by atoms with Crippen LogP contribution in [0.4, 0.5) is 0 Å². The second kappa shape index (κ2) is 4.07. The zero-order valence-corrected chi connectivity index (χ0v) is 9.00. The molecule has 0 bridgehead atoms. The summed E-state index contributed by atoms with van der Waals surface area (Å²) >= 11 is 6.23. The molecule has 1 aliphatic heterocycles. The Morgan fingerprint density at radius 3 is 3.00 bits per heavy atom. The number of hydrogen-bond donors (Lipinski definition) is 0. The van der Waals surface area contributed by atoms with Crippen LogP contribution in [-0.4, -0.2) is 31.2 Å². The van der Waals surface area contributed by atoms with E-state index in [4.69, 9.17) is 21.1 Å². The van der Waals surface area contributed by atoms with Crippen molar-refractivity contribution < 1.29 is 14.3 Å². The molecule has 0 unspecified atom stereocenters. The number of esters is 1. The van der Waals surface area contributed by atoms with Gasteiger partial charge in [0, 0.05) is 11.3 Å². The van der Waals surface area contributed by atoms with Gasteiger partial charge in [0.25, 0.3) is 0 Å². The summed E-state index contributed by atoms with van der Waals surface area (Å²) < 4.78 is 10.2. The smallest absolute Gasteiger partial charge is 0.335 e. The van der Waals surface area contributed by atoms with Crippen LogP contribution in [0.15, 0.2) is 0 Å². The number of methoxy groups -OCH3 is 1. The highest BCUT2D eigenvalue weighted by atomic mass is 35.5. The standard InChI is InChI=1S/C10H15ClO3/c1-13-10(12)9-8-6(5-14-9)3-2-4-7(8)11/h6-9H,2-5H2,1H3/t6-,7+,8-,9+/m1/s1. The van der Waals surface area contributed by atoms with Crippen molar-refractivity contribution in [1.82, 2.24) is 0 Å². The minimum atomic E-state index is -0.423. The topological polar surface area (TPSA) is 35.5 Å². The molecule has 1 saturated heterocycles. The van der Waals surface area contributed by atoms with Crippen molar-refractivity contribution in [2.45, 2.75) is 30.7 Å². The van der Waals surface area contributed by atoms with Crippen LogP contribution >= 0.6 is 11.6 Å². The van der Waals surface area contributed by atoms with Gasteiger partial charge in [0.05, 0.1) is 13.7 Å². The minimum Gasteiger partial charge on any atom is -0.467 e.